The highest BCUT2D eigenvalue weighted by atomic mass is 16.5. The topological polar surface area (TPSA) is 57.0 Å². The number of likely N-dealkylation sites (N-methyl/N-ethyl adjacent to an activating group) is 1. The molecule has 0 saturated carbocycles. The van der Waals surface area contributed by atoms with E-state index < -0.39 is 0 Å². The Bertz CT molecular complexity index is 426. The molecule has 1 aliphatic heterocycles. The molecular weight excluding hydrogens is 256 g/mol. The summed E-state index contributed by atoms with van der Waals surface area (Å²) in [6.07, 6.45) is 0.877. The van der Waals surface area contributed by atoms with E-state index in [0.717, 1.165) is 43.2 Å². The fourth-order valence-corrected chi connectivity index (χ4v) is 2.38. The van der Waals surface area contributed by atoms with Gasteiger partial charge in [0.05, 0.1) is 13.7 Å². The Morgan fingerprint density at radius 1 is 1.45 bits per heavy atom. The number of hydrogen-bond donors (Lipinski definition) is 1. The summed E-state index contributed by atoms with van der Waals surface area (Å²) in [5, 5.41) is 0. The molecule has 1 heterocycles. The Kier molecular flexibility index (Phi) is 5.64. The van der Waals surface area contributed by atoms with Gasteiger partial charge in [0.25, 0.3) is 0 Å². The molecule has 20 heavy (non-hydrogen) atoms. The van der Waals surface area contributed by atoms with Crippen molar-refractivity contribution < 1.29 is 14.2 Å². The van der Waals surface area contributed by atoms with Gasteiger partial charge >= 0.3 is 0 Å². The number of ether oxygens (including phenoxy) is 3. The van der Waals surface area contributed by atoms with Crippen molar-refractivity contribution in [2.45, 2.75) is 12.5 Å². The molecule has 112 valence electrons. The van der Waals surface area contributed by atoms with E-state index in [1.54, 1.807) is 7.11 Å². The lowest BCUT2D eigenvalue weighted by Gasteiger charge is -2.30. The van der Waals surface area contributed by atoms with Crippen LogP contribution >= 0.6 is 0 Å². The number of hydrogen-bond acceptors (Lipinski definition) is 5. The largest absolute Gasteiger partial charge is 0.493 e. The first-order valence-electron chi connectivity index (χ1n) is 7.03. The maximum absolute atomic E-state index is 5.97. The highest BCUT2D eigenvalue weighted by Gasteiger charge is 2.19. The molecule has 0 amide bonds. The van der Waals surface area contributed by atoms with Crippen LogP contribution in [0.5, 0.6) is 11.5 Å². The normalized spacial score (nSPS) is 19.9. The maximum Gasteiger partial charge on any atom is 0.164 e. The van der Waals surface area contributed by atoms with Gasteiger partial charge in [0, 0.05) is 13.1 Å². The van der Waals surface area contributed by atoms with Crippen molar-refractivity contribution in [1.29, 1.82) is 0 Å². The third-order valence-electron chi connectivity index (χ3n) is 3.45. The Morgan fingerprint density at radius 2 is 2.30 bits per heavy atom. The first-order chi connectivity index (χ1) is 9.74. The summed E-state index contributed by atoms with van der Waals surface area (Å²) >= 11 is 0. The first-order valence-corrected chi connectivity index (χ1v) is 7.03. The molecule has 0 aromatic heterocycles. The molecule has 0 aliphatic carbocycles. The van der Waals surface area contributed by atoms with E-state index >= 15 is 0 Å². The Hall–Kier alpha value is -1.30. The molecule has 2 N–H and O–H groups in total. The van der Waals surface area contributed by atoms with E-state index in [1.807, 2.05) is 18.2 Å². The third-order valence-corrected chi connectivity index (χ3v) is 3.45. The summed E-state index contributed by atoms with van der Waals surface area (Å²) < 4.78 is 17.1. The van der Waals surface area contributed by atoms with Gasteiger partial charge in [-0.1, -0.05) is 12.1 Å². The van der Waals surface area contributed by atoms with Gasteiger partial charge in [-0.05, 0) is 31.6 Å². The number of nitrogens with two attached hydrogens (primary N) is 1. The van der Waals surface area contributed by atoms with E-state index in [2.05, 4.69) is 11.9 Å². The van der Waals surface area contributed by atoms with Crippen LogP contribution in [0, 0.1) is 0 Å². The van der Waals surface area contributed by atoms with Crippen LogP contribution in [0.2, 0.25) is 0 Å². The molecule has 1 unspecified atom stereocenters. The van der Waals surface area contributed by atoms with Crippen molar-refractivity contribution in [2.75, 3.05) is 47.0 Å². The summed E-state index contributed by atoms with van der Waals surface area (Å²) in [7, 11) is 3.75. The van der Waals surface area contributed by atoms with E-state index in [9.17, 15) is 0 Å². The molecule has 1 fully saturated rings. The average molecular weight is 280 g/mol. The second kappa shape index (κ2) is 7.47. The van der Waals surface area contributed by atoms with Gasteiger partial charge in [-0.2, -0.15) is 0 Å². The van der Waals surface area contributed by atoms with Gasteiger partial charge < -0.3 is 24.8 Å². The molecule has 1 saturated heterocycles. The molecule has 5 heteroatoms. The second-order valence-electron chi connectivity index (χ2n) is 5.05. The second-order valence-corrected chi connectivity index (χ2v) is 5.05. The van der Waals surface area contributed by atoms with Crippen molar-refractivity contribution in [3.8, 4) is 11.5 Å². The van der Waals surface area contributed by atoms with E-state index in [-0.39, 0.29) is 6.10 Å². The minimum atomic E-state index is 0.101. The van der Waals surface area contributed by atoms with Crippen LogP contribution in [0.25, 0.3) is 0 Å². The monoisotopic (exact) mass is 280 g/mol. The van der Waals surface area contributed by atoms with Gasteiger partial charge in [-0.3, -0.25) is 0 Å². The molecule has 0 spiro atoms. The molecular formula is C15H24N2O3. The number of benzene rings is 1. The van der Waals surface area contributed by atoms with Crippen molar-refractivity contribution in [2.24, 2.45) is 5.73 Å². The summed E-state index contributed by atoms with van der Waals surface area (Å²) in [5.41, 5.74) is 6.73. The van der Waals surface area contributed by atoms with Gasteiger partial charge in [0.1, 0.15) is 12.7 Å². The molecule has 1 aromatic carbocycles. The number of rotatable bonds is 6. The Morgan fingerprint density at radius 3 is 3.00 bits per heavy atom. The standard InChI is InChI=1S/C15H24N2O3/c1-17-8-9-19-13(10-17)11-20-15-12(6-7-16)4-3-5-14(15)18-2/h3-5,13H,6-11,16H2,1-2H3. The predicted molar refractivity (Wildman–Crippen MR) is 78.5 cm³/mol. The fourth-order valence-electron chi connectivity index (χ4n) is 2.38. The van der Waals surface area contributed by atoms with Crippen molar-refractivity contribution >= 4 is 0 Å². The van der Waals surface area contributed by atoms with Crippen molar-refractivity contribution in [1.82, 2.24) is 4.90 Å². The lowest BCUT2D eigenvalue weighted by Crippen LogP contribution is -2.42. The molecule has 1 aliphatic rings. The number of para-hydroxylation sites is 1. The van der Waals surface area contributed by atoms with Crippen LogP contribution < -0.4 is 15.2 Å². The van der Waals surface area contributed by atoms with E-state index in [1.165, 1.54) is 0 Å². The van der Waals surface area contributed by atoms with Crippen LogP contribution in [-0.4, -0.2) is 58.0 Å². The van der Waals surface area contributed by atoms with E-state index in [4.69, 9.17) is 19.9 Å². The highest BCUT2D eigenvalue weighted by Crippen LogP contribution is 2.31. The van der Waals surface area contributed by atoms with Crippen LogP contribution in [0.1, 0.15) is 5.56 Å². The fraction of sp³-hybridized carbons (Fsp3) is 0.600. The smallest absolute Gasteiger partial charge is 0.164 e. The number of nitrogens with zero attached hydrogens (tertiary/aromatic N) is 1. The minimum Gasteiger partial charge on any atom is -0.493 e. The Labute approximate surface area is 120 Å². The number of morpholine rings is 1. The SMILES string of the molecule is COc1cccc(CCN)c1OCC1CN(C)CCO1. The van der Waals surface area contributed by atoms with Gasteiger partial charge in [0.2, 0.25) is 0 Å². The molecule has 5 nitrogen and oxygen atoms in total. The van der Waals surface area contributed by atoms with Crippen LogP contribution in [0.3, 0.4) is 0 Å². The molecule has 2 rings (SSSR count). The molecule has 0 bridgehead atoms. The minimum absolute atomic E-state index is 0.101. The summed E-state index contributed by atoms with van der Waals surface area (Å²) in [4.78, 5) is 2.25. The first kappa shape index (κ1) is 15.1. The Balaban J connectivity index is 2.03. The predicted octanol–water partition coefficient (Wildman–Crippen LogP) is 0.906. The van der Waals surface area contributed by atoms with Gasteiger partial charge in [0.15, 0.2) is 11.5 Å². The lowest BCUT2D eigenvalue weighted by atomic mass is 10.1. The summed E-state index contributed by atoms with van der Waals surface area (Å²) in [5.74, 6) is 1.54. The zero-order valence-corrected chi connectivity index (χ0v) is 12.3. The zero-order valence-electron chi connectivity index (χ0n) is 12.3. The molecule has 1 atom stereocenters. The average Bonchev–Trinajstić information content (AvgIpc) is 2.46. The van der Waals surface area contributed by atoms with Crippen LogP contribution in [-0.2, 0) is 11.2 Å². The van der Waals surface area contributed by atoms with Crippen LogP contribution in [0.4, 0.5) is 0 Å². The lowest BCUT2D eigenvalue weighted by molar-refractivity contribution is -0.0407. The van der Waals surface area contributed by atoms with Gasteiger partial charge in [-0.15, -0.1) is 0 Å². The summed E-state index contributed by atoms with van der Waals surface area (Å²) in [6, 6.07) is 5.89. The maximum atomic E-state index is 5.97. The zero-order chi connectivity index (χ0) is 14.4. The number of methoxy groups -OCH3 is 1. The highest BCUT2D eigenvalue weighted by molar-refractivity contribution is 5.46. The van der Waals surface area contributed by atoms with Crippen LogP contribution in [0.15, 0.2) is 18.2 Å². The van der Waals surface area contributed by atoms with Gasteiger partial charge in [-0.25, -0.2) is 0 Å². The quantitative estimate of drug-likeness (QED) is 0.839. The van der Waals surface area contributed by atoms with Crippen molar-refractivity contribution in [3.63, 3.8) is 0 Å². The van der Waals surface area contributed by atoms with Crippen molar-refractivity contribution in [3.05, 3.63) is 23.8 Å². The molecule has 0 radical (unpaired) electrons. The molecule has 1 aromatic rings. The third kappa shape index (κ3) is 3.85. The van der Waals surface area contributed by atoms with E-state index in [0.29, 0.717) is 13.2 Å². The summed E-state index contributed by atoms with van der Waals surface area (Å²) in [6.45, 7) is 3.74.